The molecule has 4 heteroatoms. The Morgan fingerprint density at radius 1 is 1.14 bits per heavy atom. The maximum absolute atomic E-state index is 11.4. The highest BCUT2D eigenvalue weighted by atomic mass is 16.5. The fourth-order valence-corrected chi connectivity index (χ4v) is 1.48. The van der Waals surface area contributed by atoms with Crippen molar-refractivity contribution in [3.05, 3.63) is 40.9 Å². The van der Waals surface area contributed by atoms with Gasteiger partial charge in [0.1, 0.15) is 22.7 Å². The van der Waals surface area contributed by atoms with Crippen LogP contribution < -0.4 is 5.63 Å². The number of para-hydroxylation sites is 1. The van der Waals surface area contributed by atoms with Gasteiger partial charge in [-0.3, -0.25) is 0 Å². The van der Waals surface area contributed by atoms with Crippen LogP contribution in [0.2, 0.25) is 0 Å². The summed E-state index contributed by atoms with van der Waals surface area (Å²) in [4.78, 5) is 11.4. The molecule has 0 N–H and O–H groups in total. The molecule has 3 aromatic rings. The average molecular weight is 187 g/mol. The predicted octanol–water partition coefficient (Wildman–Crippen LogP) is 1.93. The van der Waals surface area contributed by atoms with E-state index < -0.39 is 5.63 Å². The largest absolute Gasteiger partial charge is 0.422 e. The first-order valence-electron chi connectivity index (χ1n) is 4.12. The van der Waals surface area contributed by atoms with E-state index in [2.05, 4.69) is 5.16 Å². The Bertz CT molecular complexity index is 665. The first-order valence-corrected chi connectivity index (χ1v) is 4.12. The lowest BCUT2D eigenvalue weighted by Crippen LogP contribution is -1.97. The van der Waals surface area contributed by atoms with Crippen LogP contribution in [0.5, 0.6) is 0 Å². The normalized spacial score (nSPS) is 11.1. The number of aromatic nitrogens is 1. The molecule has 0 saturated carbocycles. The molecule has 3 rings (SSSR count). The molecular weight excluding hydrogens is 182 g/mol. The van der Waals surface area contributed by atoms with Gasteiger partial charge in [-0.1, -0.05) is 17.3 Å². The second-order valence-electron chi connectivity index (χ2n) is 2.96. The number of benzene rings is 1. The Hall–Kier alpha value is -2.10. The molecule has 2 aromatic heterocycles. The third-order valence-electron chi connectivity index (χ3n) is 2.13. The van der Waals surface area contributed by atoms with Crippen molar-refractivity contribution in [2.45, 2.75) is 0 Å². The Labute approximate surface area is 77.7 Å². The van der Waals surface area contributed by atoms with Gasteiger partial charge in [0.05, 0.1) is 0 Å². The van der Waals surface area contributed by atoms with E-state index in [1.54, 1.807) is 12.1 Å². The summed E-state index contributed by atoms with van der Waals surface area (Å²) in [6, 6.07) is 7.22. The summed E-state index contributed by atoms with van der Waals surface area (Å²) in [6.07, 6.45) is 1.30. The smallest absolute Gasteiger partial charge is 0.349 e. The van der Waals surface area contributed by atoms with Gasteiger partial charge in [-0.05, 0) is 12.1 Å². The maximum atomic E-state index is 11.4. The third-order valence-corrected chi connectivity index (χ3v) is 2.13. The summed E-state index contributed by atoms with van der Waals surface area (Å²) < 4.78 is 9.82. The quantitative estimate of drug-likeness (QED) is 0.504. The van der Waals surface area contributed by atoms with Crippen molar-refractivity contribution in [2.75, 3.05) is 0 Å². The van der Waals surface area contributed by atoms with Crippen molar-refractivity contribution in [2.24, 2.45) is 0 Å². The molecule has 0 bridgehead atoms. The van der Waals surface area contributed by atoms with Crippen LogP contribution >= 0.6 is 0 Å². The minimum Gasteiger partial charge on any atom is -0.422 e. The minimum absolute atomic E-state index is 0.378. The first-order chi connectivity index (χ1) is 6.86. The number of rotatable bonds is 0. The maximum Gasteiger partial charge on any atom is 0.349 e. The Morgan fingerprint density at radius 3 is 2.93 bits per heavy atom. The van der Waals surface area contributed by atoms with Crippen LogP contribution in [0.15, 0.2) is 44.3 Å². The fraction of sp³-hybridized carbons (Fsp3) is 0. The van der Waals surface area contributed by atoms with Gasteiger partial charge >= 0.3 is 5.63 Å². The highest BCUT2D eigenvalue weighted by Gasteiger charge is 2.09. The number of fused-ring (bicyclic) bond motifs is 3. The predicted molar refractivity (Wildman–Crippen MR) is 50.1 cm³/mol. The van der Waals surface area contributed by atoms with E-state index in [9.17, 15) is 4.79 Å². The van der Waals surface area contributed by atoms with Gasteiger partial charge in [0.25, 0.3) is 0 Å². The van der Waals surface area contributed by atoms with E-state index in [-0.39, 0.29) is 0 Å². The van der Waals surface area contributed by atoms with Gasteiger partial charge in [-0.15, -0.1) is 0 Å². The summed E-state index contributed by atoms with van der Waals surface area (Å²) in [5, 5.41) is 4.94. The number of hydrogen-bond donors (Lipinski definition) is 0. The van der Waals surface area contributed by atoms with Crippen molar-refractivity contribution in [3.63, 3.8) is 0 Å². The Kier molecular flexibility index (Phi) is 1.28. The molecule has 0 spiro atoms. The van der Waals surface area contributed by atoms with Crippen molar-refractivity contribution in [1.82, 2.24) is 5.16 Å². The topological polar surface area (TPSA) is 56.2 Å². The summed E-state index contributed by atoms with van der Waals surface area (Å²) in [5.74, 6) is 0. The fourth-order valence-electron chi connectivity index (χ4n) is 1.48. The van der Waals surface area contributed by atoms with Crippen LogP contribution in [0, 0.1) is 0 Å². The highest BCUT2D eigenvalue weighted by molar-refractivity contribution is 6.00. The summed E-state index contributed by atoms with van der Waals surface area (Å²) in [6.45, 7) is 0. The zero-order valence-electron chi connectivity index (χ0n) is 7.06. The first kappa shape index (κ1) is 7.32. The number of hydrogen-bond acceptors (Lipinski definition) is 4. The molecule has 68 valence electrons. The molecule has 0 aliphatic carbocycles. The van der Waals surface area contributed by atoms with Crippen LogP contribution in [0.4, 0.5) is 0 Å². The Morgan fingerprint density at radius 2 is 2.00 bits per heavy atom. The van der Waals surface area contributed by atoms with E-state index in [4.69, 9.17) is 8.94 Å². The monoisotopic (exact) mass is 187 g/mol. The minimum atomic E-state index is -0.417. The standard InChI is InChI=1S/C10H5NO3/c12-10-7-5-13-11-9(7)6-3-1-2-4-8(6)14-10/h1-5H. The molecule has 0 radical (unpaired) electrons. The van der Waals surface area contributed by atoms with Crippen LogP contribution in [-0.4, -0.2) is 5.16 Å². The van der Waals surface area contributed by atoms with E-state index >= 15 is 0 Å². The molecule has 0 atom stereocenters. The lowest BCUT2D eigenvalue weighted by molar-refractivity contribution is 0.428. The molecule has 1 aromatic carbocycles. The van der Waals surface area contributed by atoms with Crippen molar-refractivity contribution in [1.29, 1.82) is 0 Å². The van der Waals surface area contributed by atoms with Crippen LogP contribution in [0.25, 0.3) is 21.9 Å². The molecule has 0 saturated heterocycles. The molecule has 0 fully saturated rings. The summed E-state index contributed by atoms with van der Waals surface area (Å²) >= 11 is 0. The molecule has 0 aliphatic rings. The van der Waals surface area contributed by atoms with Gasteiger partial charge in [0, 0.05) is 5.39 Å². The van der Waals surface area contributed by atoms with Crippen molar-refractivity contribution in [3.8, 4) is 0 Å². The van der Waals surface area contributed by atoms with Gasteiger partial charge in [0.15, 0.2) is 0 Å². The second-order valence-corrected chi connectivity index (χ2v) is 2.96. The van der Waals surface area contributed by atoms with E-state index in [0.717, 1.165) is 5.39 Å². The van der Waals surface area contributed by atoms with Crippen LogP contribution in [-0.2, 0) is 0 Å². The molecule has 0 unspecified atom stereocenters. The van der Waals surface area contributed by atoms with Gasteiger partial charge in [0.2, 0.25) is 0 Å². The molecule has 4 nitrogen and oxygen atoms in total. The highest BCUT2D eigenvalue weighted by Crippen LogP contribution is 2.20. The lowest BCUT2D eigenvalue weighted by atomic mass is 10.2. The zero-order valence-corrected chi connectivity index (χ0v) is 7.06. The molecule has 2 heterocycles. The Balaban J connectivity index is 2.73. The molecule has 0 amide bonds. The number of nitrogens with zero attached hydrogens (tertiary/aromatic N) is 1. The molecular formula is C10H5NO3. The average Bonchev–Trinajstić information content (AvgIpc) is 2.67. The summed E-state index contributed by atoms with van der Waals surface area (Å²) in [7, 11) is 0. The van der Waals surface area contributed by atoms with E-state index in [1.807, 2.05) is 12.1 Å². The second kappa shape index (κ2) is 2.45. The van der Waals surface area contributed by atoms with Gasteiger partial charge < -0.3 is 8.94 Å². The molecule has 14 heavy (non-hydrogen) atoms. The SMILES string of the molecule is O=c1oc2ccccc2c2nocc12. The van der Waals surface area contributed by atoms with Crippen molar-refractivity contribution < 1.29 is 8.94 Å². The van der Waals surface area contributed by atoms with Gasteiger partial charge in [-0.2, -0.15) is 0 Å². The van der Waals surface area contributed by atoms with Gasteiger partial charge in [-0.25, -0.2) is 4.79 Å². The van der Waals surface area contributed by atoms with E-state index in [1.165, 1.54) is 6.26 Å². The zero-order chi connectivity index (χ0) is 9.54. The summed E-state index contributed by atoms with van der Waals surface area (Å²) in [5.41, 5.74) is 0.663. The van der Waals surface area contributed by atoms with Crippen LogP contribution in [0.1, 0.15) is 0 Å². The molecule has 0 aliphatic heterocycles. The van der Waals surface area contributed by atoms with E-state index in [0.29, 0.717) is 16.5 Å². The lowest BCUT2D eigenvalue weighted by Gasteiger charge is -1.94. The third kappa shape index (κ3) is 0.821. The van der Waals surface area contributed by atoms with Crippen molar-refractivity contribution >= 4 is 21.9 Å². The van der Waals surface area contributed by atoms with Crippen LogP contribution in [0.3, 0.4) is 0 Å².